The Bertz CT molecular complexity index is 1330. The third-order valence-corrected chi connectivity index (χ3v) is 6.54. The first-order valence-electron chi connectivity index (χ1n) is 12.0. The molecule has 4 heteroatoms. The SMILES string of the molecule is Cc1cc(C)c(N(N)c2ccc(-c3ccccc3)cc2)cc1N(N)c1ccc(-c2ccccc2)cc1. The van der Waals surface area contributed by atoms with Crippen LogP contribution in [0.4, 0.5) is 22.7 Å². The molecule has 0 saturated carbocycles. The molecule has 5 rings (SSSR count). The van der Waals surface area contributed by atoms with Crippen molar-refractivity contribution in [1.82, 2.24) is 0 Å². The molecule has 0 aliphatic carbocycles. The van der Waals surface area contributed by atoms with Crippen LogP contribution in [0.2, 0.25) is 0 Å². The number of hydrazine groups is 2. The molecule has 0 unspecified atom stereocenters. The Morgan fingerprint density at radius 2 is 0.750 bits per heavy atom. The maximum absolute atomic E-state index is 6.62. The van der Waals surface area contributed by atoms with E-state index >= 15 is 0 Å². The van der Waals surface area contributed by atoms with E-state index in [4.69, 9.17) is 11.7 Å². The average Bonchev–Trinajstić information content (AvgIpc) is 2.93. The van der Waals surface area contributed by atoms with Gasteiger partial charge in [-0.3, -0.25) is 10.0 Å². The van der Waals surface area contributed by atoms with Crippen molar-refractivity contribution >= 4 is 22.7 Å². The van der Waals surface area contributed by atoms with Crippen LogP contribution in [0, 0.1) is 13.8 Å². The molecule has 0 bridgehead atoms. The molecule has 36 heavy (non-hydrogen) atoms. The van der Waals surface area contributed by atoms with Crippen LogP contribution >= 0.6 is 0 Å². The molecule has 0 amide bonds. The minimum atomic E-state index is 0.902. The fourth-order valence-corrected chi connectivity index (χ4v) is 4.52. The first-order chi connectivity index (χ1) is 17.5. The van der Waals surface area contributed by atoms with Crippen molar-refractivity contribution in [3.8, 4) is 22.3 Å². The number of rotatable bonds is 6. The van der Waals surface area contributed by atoms with Crippen molar-refractivity contribution in [3.63, 3.8) is 0 Å². The van der Waals surface area contributed by atoms with E-state index in [2.05, 4.69) is 74.5 Å². The van der Waals surface area contributed by atoms with Crippen molar-refractivity contribution in [2.45, 2.75) is 13.8 Å². The number of hydrogen-bond donors (Lipinski definition) is 2. The Morgan fingerprint density at radius 1 is 0.417 bits per heavy atom. The predicted molar refractivity (Wildman–Crippen MR) is 152 cm³/mol. The third-order valence-electron chi connectivity index (χ3n) is 6.54. The molecular weight excluding hydrogens is 440 g/mol. The standard InChI is InChI=1S/C32H30N4/c1-23-21-24(2)32(36(34)30-19-15-28(16-20-30)26-11-7-4-8-12-26)22-31(23)35(33)29-17-13-27(14-18-29)25-9-5-3-6-10-25/h3-22H,33-34H2,1-2H3. The lowest BCUT2D eigenvalue weighted by atomic mass is 10.0. The average molecular weight is 471 g/mol. The first kappa shape index (κ1) is 23.4. The summed E-state index contributed by atoms with van der Waals surface area (Å²) in [5, 5.41) is 3.44. The topological polar surface area (TPSA) is 58.5 Å². The highest BCUT2D eigenvalue weighted by atomic mass is 15.4. The molecule has 4 nitrogen and oxygen atoms in total. The summed E-state index contributed by atoms with van der Waals surface area (Å²) in [6, 6.07) is 41.4. The van der Waals surface area contributed by atoms with Gasteiger partial charge in [0.2, 0.25) is 0 Å². The molecule has 0 saturated heterocycles. The zero-order valence-electron chi connectivity index (χ0n) is 20.6. The maximum Gasteiger partial charge on any atom is 0.0625 e. The molecule has 178 valence electrons. The number of aryl methyl sites for hydroxylation is 2. The van der Waals surface area contributed by atoms with E-state index in [1.807, 2.05) is 60.7 Å². The van der Waals surface area contributed by atoms with Crippen LogP contribution in [0.5, 0.6) is 0 Å². The normalized spacial score (nSPS) is 10.8. The summed E-state index contributed by atoms with van der Waals surface area (Å²) in [6.45, 7) is 4.14. The molecule has 0 spiro atoms. The monoisotopic (exact) mass is 470 g/mol. The molecule has 0 atom stereocenters. The summed E-state index contributed by atoms with van der Waals surface area (Å²) in [6.07, 6.45) is 0. The van der Waals surface area contributed by atoms with Crippen LogP contribution < -0.4 is 21.7 Å². The highest BCUT2D eigenvalue weighted by Gasteiger charge is 2.15. The van der Waals surface area contributed by atoms with Crippen LogP contribution in [-0.2, 0) is 0 Å². The van der Waals surface area contributed by atoms with Gasteiger partial charge in [-0.1, -0.05) is 91.0 Å². The van der Waals surface area contributed by atoms with Crippen LogP contribution in [0.3, 0.4) is 0 Å². The summed E-state index contributed by atoms with van der Waals surface area (Å²) >= 11 is 0. The van der Waals surface area contributed by atoms with Gasteiger partial charge in [0.05, 0.1) is 22.7 Å². The summed E-state index contributed by atoms with van der Waals surface area (Å²) in [7, 11) is 0. The lowest BCUT2D eigenvalue weighted by molar-refractivity contribution is 1.04. The van der Waals surface area contributed by atoms with Crippen molar-refractivity contribution in [3.05, 3.63) is 132 Å². The Labute approximate surface area is 213 Å². The second-order valence-electron chi connectivity index (χ2n) is 8.99. The summed E-state index contributed by atoms with van der Waals surface area (Å²) in [5.41, 5.74) is 10.4. The fraction of sp³-hybridized carbons (Fsp3) is 0.0625. The van der Waals surface area contributed by atoms with E-state index in [1.165, 1.54) is 11.1 Å². The van der Waals surface area contributed by atoms with Gasteiger partial charge >= 0.3 is 0 Å². The van der Waals surface area contributed by atoms with Gasteiger partial charge in [-0.2, -0.15) is 0 Å². The minimum absolute atomic E-state index is 0.902. The van der Waals surface area contributed by atoms with Gasteiger partial charge in [-0.15, -0.1) is 0 Å². The highest BCUT2D eigenvalue weighted by molar-refractivity contribution is 5.77. The first-order valence-corrected chi connectivity index (χ1v) is 12.0. The maximum atomic E-state index is 6.62. The molecule has 0 aliphatic heterocycles. The van der Waals surface area contributed by atoms with E-state index in [9.17, 15) is 0 Å². The molecule has 4 N–H and O–H groups in total. The van der Waals surface area contributed by atoms with Crippen LogP contribution in [0.1, 0.15) is 11.1 Å². The molecule has 5 aromatic carbocycles. The number of nitrogens with two attached hydrogens (primary N) is 2. The minimum Gasteiger partial charge on any atom is -0.279 e. The Balaban J connectivity index is 1.42. The van der Waals surface area contributed by atoms with Crippen LogP contribution in [0.15, 0.2) is 121 Å². The Kier molecular flexibility index (Phi) is 6.54. The van der Waals surface area contributed by atoms with E-state index in [0.29, 0.717) is 0 Å². The largest absolute Gasteiger partial charge is 0.279 e. The smallest absolute Gasteiger partial charge is 0.0625 e. The van der Waals surface area contributed by atoms with Gasteiger partial charge in [0.1, 0.15) is 0 Å². The predicted octanol–water partition coefficient (Wildman–Crippen LogP) is 7.66. The zero-order valence-corrected chi connectivity index (χ0v) is 20.6. The number of benzene rings is 5. The lowest BCUT2D eigenvalue weighted by Crippen LogP contribution is -2.28. The Morgan fingerprint density at radius 3 is 1.11 bits per heavy atom. The molecule has 0 radical (unpaired) electrons. The second kappa shape index (κ2) is 10.1. The van der Waals surface area contributed by atoms with Gasteiger partial charge in [-0.25, -0.2) is 11.7 Å². The summed E-state index contributed by atoms with van der Waals surface area (Å²) < 4.78 is 0. The zero-order chi connectivity index (χ0) is 25.1. The molecule has 0 aliphatic rings. The molecular formula is C32H30N4. The van der Waals surface area contributed by atoms with E-state index in [-0.39, 0.29) is 0 Å². The molecule has 0 heterocycles. The van der Waals surface area contributed by atoms with E-state index in [1.54, 1.807) is 10.0 Å². The van der Waals surface area contributed by atoms with Crippen molar-refractivity contribution < 1.29 is 0 Å². The van der Waals surface area contributed by atoms with E-state index in [0.717, 1.165) is 45.0 Å². The lowest BCUT2D eigenvalue weighted by Gasteiger charge is -2.26. The molecule has 5 aromatic rings. The quantitative estimate of drug-likeness (QED) is 0.198. The van der Waals surface area contributed by atoms with Crippen molar-refractivity contribution in [2.75, 3.05) is 10.0 Å². The van der Waals surface area contributed by atoms with Gasteiger partial charge in [-0.05, 0) is 77.6 Å². The van der Waals surface area contributed by atoms with E-state index < -0.39 is 0 Å². The van der Waals surface area contributed by atoms with Gasteiger partial charge < -0.3 is 0 Å². The van der Waals surface area contributed by atoms with Crippen LogP contribution in [-0.4, -0.2) is 0 Å². The van der Waals surface area contributed by atoms with Gasteiger partial charge in [0.25, 0.3) is 0 Å². The fourth-order valence-electron chi connectivity index (χ4n) is 4.52. The molecule has 0 aromatic heterocycles. The number of anilines is 4. The molecule has 0 fully saturated rings. The van der Waals surface area contributed by atoms with Crippen molar-refractivity contribution in [2.24, 2.45) is 11.7 Å². The third kappa shape index (κ3) is 4.73. The Hall–Kier alpha value is -4.38. The van der Waals surface area contributed by atoms with Gasteiger partial charge in [0.15, 0.2) is 0 Å². The second-order valence-corrected chi connectivity index (χ2v) is 8.99. The van der Waals surface area contributed by atoms with Gasteiger partial charge in [0, 0.05) is 0 Å². The summed E-state index contributed by atoms with van der Waals surface area (Å²) in [5.74, 6) is 13.2. The highest BCUT2D eigenvalue weighted by Crippen LogP contribution is 2.35. The van der Waals surface area contributed by atoms with Crippen LogP contribution in [0.25, 0.3) is 22.3 Å². The number of hydrogen-bond acceptors (Lipinski definition) is 4. The van der Waals surface area contributed by atoms with Crippen molar-refractivity contribution in [1.29, 1.82) is 0 Å². The number of nitrogens with zero attached hydrogens (tertiary/aromatic N) is 2. The summed E-state index contributed by atoms with van der Waals surface area (Å²) in [4.78, 5) is 0.